The molecule has 0 atom stereocenters. The van der Waals surface area contributed by atoms with E-state index in [2.05, 4.69) is 52.5 Å². The van der Waals surface area contributed by atoms with Crippen LogP contribution in [0.2, 0.25) is 0 Å². The van der Waals surface area contributed by atoms with Crippen molar-refractivity contribution in [3.05, 3.63) is 59.8 Å². The third-order valence-corrected chi connectivity index (χ3v) is 5.72. The molecular weight excluding hydrogens is 374 g/mol. The smallest absolute Gasteiger partial charge is 0.341 e. The van der Waals surface area contributed by atoms with E-state index in [1.165, 1.54) is 24.9 Å². The fraction of sp³-hybridized carbons (Fsp3) is 0.360. The predicted octanol–water partition coefficient (Wildman–Crippen LogP) is 5.71. The van der Waals surface area contributed by atoms with E-state index in [1.54, 1.807) is 6.20 Å². The number of piperidine rings is 1. The van der Waals surface area contributed by atoms with Gasteiger partial charge in [-0.3, -0.25) is 4.98 Å². The molecule has 1 fully saturated rings. The molecule has 4 rings (SSSR count). The Hall–Kier alpha value is -3.08. The number of nitrogens with zero attached hydrogens (tertiary/aromatic N) is 2. The number of ether oxygens (including phenoxy) is 1. The molecule has 0 unspecified atom stereocenters. The first-order valence-electron chi connectivity index (χ1n) is 10.9. The Morgan fingerprint density at radius 2 is 1.83 bits per heavy atom. The highest BCUT2D eigenvalue weighted by atomic mass is 16.5. The highest BCUT2D eigenvalue weighted by molar-refractivity contribution is 6.06. The standard InChI is InChI=1S/C25H29N3O2/c1-3-18-9-8-10-21-23(18)26-17-22(25(29)30-4-2)24(21)27-19-11-13-20(14-12-19)28-15-6-5-7-16-28/h8-14,17H,3-7,15-16H2,1-2H3,(H,26,27). The van der Waals surface area contributed by atoms with Crippen molar-refractivity contribution in [3.8, 4) is 0 Å². The number of hydrogen-bond donors (Lipinski definition) is 1. The lowest BCUT2D eigenvalue weighted by Crippen LogP contribution is -2.29. The molecule has 156 valence electrons. The zero-order valence-electron chi connectivity index (χ0n) is 17.8. The van der Waals surface area contributed by atoms with Crippen LogP contribution in [0.3, 0.4) is 0 Å². The molecule has 5 nitrogen and oxygen atoms in total. The second-order valence-electron chi connectivity index (χ2n) is 7.65. The number of carbonyl (C=O) groups excluding carboxylic acids is 1. The molecule has 30 heavy (non-hydrogen) atoms. The van der Waals surface area contributed by atoms with Gasteiger partial charge in [0.05, 0.1) is 17.8 Å². The average molecular weight is 404 g/mol. The lowest BCUT2D eigenvalue weighted by Gasteiger charge is -2.29. The number of fused-ring (bicyclic) bond motifs is 1. The Morgan fingerprint density at radius 1 is 1.07 bits per heavy atom. The number of rotatable bonds is 6. The third-order valence-electron chi connectivity index (χ3n) is 5.72. The SMILES string of the molecule is CCOC(=O)c1cnc2c(CC)cccc2c1Nc1ccc(N2CCCCC2)cc1. The molecule has 0 radical (unpaired) electrons. The van der Waals surface area contributed by atoms with Crippen molar-refractivity contribution in [2.24, 2.45) is 0 Å². The Kier molecular flexibility index (Phi) is 6.17. The van der Waals surface area contributed by atoms with Gasteiger partial charge in [0.1, 0.15) is 5.56 Å². The summed E-state index contributed by atoms with van der Waals surface area (Å²) >= 11 is 0. The summed E-state index contributed by atoms with van der Waals surface area (Å²) in [5.41, 5.74) is 5.47. The van der Waals surface area contributed by atoms with Crippen molar-refractivity contribution >= 4 is 33.9 Å². The van der Waals surface area contributed by atoms with E-state index in [4.69, 9.17) is 4.74 Å². The van der Waals surface area contributed by atoms with Gasteiger partial charge in [-0.15, -0.1) is 0 Å². The predicted molar refractivity (Wildman–Crippen MR) is 123 cm³/mol. The van der Waals surface area contributed by atoms with Gasteiger partial charge in [-0.1, -0.05) is 25.1 Å². The number of aryl methyl sites for hydroxylation is 1. The number of esters is 1. The monoisotopic (exact) mass is 403 g/mol. The molecule has 2 heterocycles. The number of carbonyl (C=O) groups is 1. The second kappa shape index (κ2) is 9.16. The van der Waals surface area contributed by atoms with Crippen LogP contribution in [0.25, 0.3) is 10.9 Å². The summed E-state index contributed by atoms with van der Waals surface area (Å²) in [7, 11) is 0. The zero-order valence-corrected chi connectivity index (χ0v) is 17.8. The van der Waals surface area contributed by atoms with Gasteiger partial charge in [-0.2, -0.15) is 0 Å². The van der Waals surface area contributed by atoms with E-state index in [0.29, 0.717) is 12.2 Å². The van der Waals surface area contributed by atoms with Gasteiger partial charge >= 0.3 is 5.97 Å². The zero-order chi connectivity index (χ0) is 20.9. The van der Waals surface area contributed by atoms with Crippen LogP contribution in [0.15, 0.2) is 48.7 Å². The molecule has 1 N–H and O–H groups in total. The van der Waals surface area contributed by atoms with E-state index in [0.717, 1.165) is 47.4 Å². The molecule has 0 amide bonds. The molecule has 3 aromatic rings. The maximum Gasteiger partial charge on any atom is 0.341 e. The van der Waals surface area contributed by atoms with Crippen LogP contribution < -0.4 is 10.2 Å². The fourth-order valence-corrected chi connectivity index (χ4v) is 4.12. The lowest BCUT2D eigenvalue weighted by molar-refractivity contribution is 0.0527. The average Bonchev–Trinajstić information content (AvgIpc) is 2.80. The minimum atomic E-state index is -0.360. The molecule has 1 saturated heterocycles. The van der Waals surface area contributed by atoms with Crippen molar-refractivity contribution in [3.63, 3.8) is 0 Å². The molecule has 0 spiro atoms. The van der Waals surface area contributed by atoms with Crippen LogP contribution in [-0.4, -0.2) is 30.6 Å². The number of pyridine rings is 1. The lowest BCUT2D eigenvalue weighted by atomic mass is 10.0. The molecule has 0 bridgehead atoms. The van der Waals surface area contributed by atoms with Gasteiger partial charge in [-0.25, -0.2) is 4.79 Å². The first-order chi connectivity index (χ1) is 14.7. The highest BCUT2D eigenvalue weighted by Gasteiger charge is 2.18. The second-order valence-corrected chi connectivity index (χ2v) is 7.65. The highest BCUT2D eigenvalue weighted by Crippen LogP contribution is 2.32. The van der Waals surface area contributed by atoms with Crippen LogP contribution in [0.4, 0.5) is 17.1 Å². The minimum absolute atomic E-state index is 0.329. The molecule has 1 aliphatic rings. The van der Waals surface area contributed by atoms with Crippen molar-refractivity contribution in [1.82, 2.24) is 4.98 Å². The summed E-state index contributed by atoms with van der Waals surface area (Å²) < 4.78 is 5.28. The molecule has 0 saturated carbocycles. The van der Waals surface area contributed by atoms with Crippen LogP contribution in [-0.2, 0) is 11.2 Å². The maximum atomic E-state index is 12.6. The van der Waals surface area contributed by atoms with E-state index in [-0.39, 0.29) is 5.97 Å². The van der Waals surface area contributed by atoms with Crippen LogP contribution in [0, 0.1) is 0 Å². The molecule has 2 aromatic carbocycles. The van der Waals surface area contributed by atoms with Gasteiger partial charge in [0.2, 0.25) is 0 Å². The van der Waals surface area contributed by atoms with Crippen LogP contribution >= 0.6 is 0 Å². The Morgan fingerprint density at radius 3 is 2.53 bits per heavy atom. The molecular formula is C25H29N3O2. The number of benzene rings is 2. The minimum Gasteiger partial charge on any atom is -0.462 e. The Bertz CT molecular complexity index is 1020. The Balaban J connectivity index is 1.71. The van der Waals surface area contributed by atoms with Gasteiger partial charge in [0, 0.05) is 36.0 Å². The quantitative estimate of drug-likeness (QED) is 0.535. The van der Waals surface area contributed by atoms with E-state index >= 15 is 0 Å². The largest absolute Gasteiger partial charge is 0.462 e. The number of para-hydroxylation sites is 1. The topological polar surface area (TPSA) is 54.5 Å². The third kappa shape index (κ3) is 4.11. The van der Waals surface area contributed by atoms with Gasteiger partial charge < -0.3 is 15.0 Å². The van der Waals surface area contributed by atoms with Crippen molar-refractivity contribution in [2.45, 2.75) is 39.5 Å². The maximum absolute atomic E-state index is 12.6. The first-order valence-corrected chi connectivity index (χ1v) is 10.9. The first kappa shape index (κ1) is 20.2. The number of nitrogens with one attached hydrogen (secondary N) is 1. The van der Waals surface area contributed by atoms with Gasteiger partial charge in [-0.05, 0) is 62.4 Å². The number of hydrogen-bond acceptors (Lipinski definition) is 5. The normalized spacial score (nSPS) is 14.0. The summed E-state index contributed by atoms with van der Waals surface area (Å²) in [6.45, 7) is 6.50. The van der Waals surface area contributed by atoms with Crippen molar-refractivity contribution in [1.29, 1.82) is 0 Å². The van der Waals surface area contributed by atoms with E-state index < -0.39 is 0 Å². The molecule has 5 heteroatoms. The summed E-state index contributed by atoms with van der Waals surface area (Å²) in [5.74, 6) is -0.360. The van der Waals surface area contributed by atoms with Crippen molar-refractivity contribution < 1.29 is 9.53 Å². The van der Waals surface area contributed by atoms with Crippen LogP contribution in [0.5, 0.6) is 0 Å². The van der Waals surface area contributed by atoms with Gasteiger partial charge in [0.25, 0.3) is 0 Å². The molecule has 0 aliphatic carbocycles. The summed E-state index contributed by atoms with van der Waals surface area (Å²) in [6, 6.07) is 14.6. The summed E-state index contributed by atoms with van der Waals surface area (Å²) in [5, 5.41) is 4.41. The van der Waals surface area contributed by atoms with E-state index in [9.17, 15) is 4.79 Å². The van der Waals surface area contributed by atoms with E-state index in [1.807, 2.05) is 19.1 Å². The molecule has 1 aliphatic heterocycles. The summed E-state index contributed by atoms with van der Waals surface area (Å²) in [4.78, 5) is 19.6. The fourth-order valence-electron chi connectivity index (χ4n) is 4.12. The van der Waals surface area contributed by atoms with Gasteiger partial charge in [0.15, 0.2) is 0 Å². The number of aromatic nitrogens is 1. The van der Waals surface area contributed by atoms with Crippen LogP contribution in [0.1, 0.15) is 49.0 Å². The molecule has 1 aromatic heterocycles. The number of anilines is 3. The summed E-state index contributed by atoms with van der Waals surface area (Å²) in [6.07, 6.45) is 6.34. The van der Waals surface area contributed by atoms with Crippen molar-refractivity contribution in [2.75, 3.05) is 29.9 Å². The Labute approximate surface area is 178 Å².